The molecule has 2 aromatic heterocycles. The first kappa shape index (κ1) is 20.0. The van der Waals surface area contributed by atoms with Crippen LogP contribution in [0.15, 0.2) is 66.9 Å². The highest BCUT2D eigenvalue weighted by Crippen LogP contribution is 2.34. The fraction of sp³-hybridized carbons (Fsp3) is 0.192. The zero-order valence-electron chi connectivity index (χ0n) is 18.0. The molecule has 2 aromatic carbocycles. The van der Waals surface area contributed by atoms with Crippen LogP contribution in [0.2, 0.25) is 0 Å². The molecule has 0 unspecified atom stereocenters. The fourth-order valence-corrected chi connectivity index (χ4v) is 4.22. The van der Waals surface area contributed by atoms with Gasteiger partial charge in [0.05, 0.1) is 36.7 Å². The van der Waals surface area contributed by atoms with Gasteiger partial charge >= 0.3 is 0 Å². The normalized spacial score (nSPS) is 13.0. The predicted octanol–water partition coefficient (Wildman–Crippen LogP) is 4.51. The lowest BCUT2D eigenvalue weighted by Gasteiger charge is -2.30. The lowest BCUT2D eigenvalue weighted by atomic mass is 9.97. The smallest absolute Gasteiger partial charge is 0.254 e. The summed E-state index contributed by atoms with van der Waals surface area (Å²) in [4.78, 5) is 24.8. The quantitative estimate of drug-likeness (QED) is 0.481. The van der Waals surface area contributed by atoms with Crippen LogP contribution >= 0.6 is 0 Å². The molecule has 0 bridgehead atoms. The number of hydrogen-bond acceptors (Lipinski definition) is 5. The third kappa shape index (κ3) is 3.54. The SMILES string of the molecule is COc1cc2c(cc1OC)CN(C(=O)c1cc(-c3ccccn3)nc3ccccc13)CC2. The Hall–Kier alpha value is -3.93. The molecule has 0 saturated heterocycles. The second-order valence-electron chi connectivity index (χ2n) is 7.74. The minimum Gasteiger partial charge on any atom is -0.493 e. The first-order valence-corrected chi connectivity index (χ1v) is 10.5. The Morgan fingerprint density at radius 1 is 0.906 bits per heavy atom. The van der Waals surface area contributed by atoms with Crippen LogP contribution in [0.3, 0.4) is 0 Å². The highest BCUT2D eigenvalue weighted by molar-refractivity contribution is 6.07. The highest BCUT2D eigenvalue weighted by Gasteiger charge is 2.25. The average Bonchev–Trinajstić information content (AvgIpc) is 2.86. The van der Waals surface area contributed by atoms with Gasteiger partial charge in [0, 0.05) is 24.7 Å². The second kappa shape index (κ2) is 8.30. The fourth-order valence-electron chi connectivity index (χ4n) is 4.22. The van der Waals surface area contributed by atoms with Crippen molar-refractivity contribution in [3.63, 3.8) is 0 Å². The van der Waals surface area contributed by atoms with Gasteiger partial charge in [0.2, 0.25) is 0 Å². The third-order valence-electron chi connectivity index (χ3n) is 5.88. The summed E-state index contributed by atoms with van der Waals surface area (Å²) in [5, 5.41) is 0.843. The largest absolute Gasteiger partial charge is 0.493 e. The van der Waals surface area contributed by atoms with E-state index in [1.165, 1.54) is 5.56 Å². The van der Waals surface area contributed by atoms with Crippen LogP contribution in [-0.4, -0.2) is 41.5 Å². The molecule has 160 valence electrons. The zero-order chi connectivity index (χ0) is 22.1. The standard InChI is InChI=1S/C26H23N3O3/c1-31-24-13-17-10-12-29(16-18(17)14-25(24)32-2)26(30)20-15-23(22-9-5-6-11-27-22)28-21-8-4-3-7-19(20)21/h3-9,11,13-15H,10,12,16H2,1-2H3. The molecule has 1 aliphatic rings. The Labute approximate surface area is 186 Å². The summed E-state index contributed by atoms with van der Waals surface area (Å²) in [6.45, 7) is 1.15. The van der Waals surface area contributed by atoms with Crippen LogP contribution < -0.4 is 9.47 Å². The molecular weight excluding hydrogens is 402 g/mol. The number of nitrogens with zero attached hydrogens (tertiary/aromatic N) is 3. The number of pyridine rings is 2. The van der Waals surface area contributed by atoms with Gasteiger partial charge in [0.25, 0.3) is 5.91 Å². The zero-order valence-corrected chi connectivity index (χ0v) is 18.0. The summed E-state index contributed by atoms with van der Waals surface area (Å²) in [6.07, 6.45) is 2.49. The summed E-state index contributed by atoms with van der Waals surface area (Å²) in [5.41, 5.74) is 5.11. The molecule has 1 amide bonds. The molecule has 6 heteroatoms. The van der Waals surface area contributed by atoms with E-state index in [0.717, 1.165) is 28.6 Å². The Bertz CT molecular complexity index is 1300. The van der Waals surface area contributed by atoms with Crippen molar-refractivity contribution in [1.29, 1.82) is 0 Å². The maximum Gasteiger partial charge on any atom is 0.254 e. The summed E-state index contributed by atoms with van der Waals surface area (Å²) in [6, 6.07) is 19.3. The number of amides is 1. The van der Waals surface area contributed by atoms with Crippen LogP contribution in [0.5, 0.6) is 11.5 Å². The van der Waals surface area contributed by atoms with Gasteiger partial charge < -0.3 is 14.4 Å². The van der Waals surface area contributed by atoms with Gasteiger partial charge in [-0.05, 0) is 53.9 Å². The monoisotopic (exact) mass is 425 g/mol. The molecule has 6 nitrogen and oxygen atoms in total. The highest BCUT2D eigenvalue weighted by atomic mass is 16.5. The van der Waals surface area contributed by atoms with Crippen LogP contribution in [0.1, 0.15) is 21.5 Å². The minimum atomic E-state index is -0.0128. The van der Waals surface area contributed by atoms with Gasteiger partial charge in [-0.25, -0.2) is 4.98 Å². The molecule has 0 atom stereocenters. The van der Waals surface area contributed by atoms with E-state index in [4.69, 9.17) is 14.5 Å². The molecule has 1 aliphatic heterocycles. The van der Waals surface area contributed by atoms with Crippen molar-refractivity contribution in [3.05, 3.63) is 83.6 Å². The number of methoxy groups -OCH3 is 2. The van der Waals surface area contributed by atoms with Crippen LogP contribution in [-0.2, 0) is 13.0 Å². The van der Waals surface area contributed by atoms with E-state index in [-0.39, 0.29) is 5.91 Å². The molecular formula is C26H23N3O3. The van der Waals surface area contributed by atoms with Gasteiger partial charge in [-0.3, -0.25) is 9.78 Å². The lowest BCUT2D eigenvalue weighted by Crippen LogP contribution is -2.36. The number of para-hydroxylation sites is 1. The van der Waals surface area contributed by atoms with Crippen molar-refractivity contribution >= 4 is 16.8 Å². The van der Waals surface area contributed by atoms with Gasteiger partial charge in [-0.1, -0.05) is 24.3 Å². The maximum absolute atomic E-state index is 13.7. The van der Waals surface area contributed by atoms with Crippen molar-refractivity contribution in [2.24, 2.45) is 0 Å². The number of aromatic nitrogens is 2. The second-order valence-corrected chi connectivity index (χ2v) is 7.74. The van der Waals surface area contributed by atoms with E-state index in [9.17, 15) is 4.79 Å². The molecule has 32 heavy (non-hydrogen) atoms. The van der Waals surface area contributed by atoms with Crippen molar-refractivity contribution in [2.45, 2.75) is 13.0 Å². The minimum absolute atomic E-state index is 0.0128. The van der Waals surface area contributed by atoms with Crippen molar-refractivity contribution in [3.8, 4) is 22.9 Å². The lowest BCUT2D eigenvalue weighted by molar-refractivity contribution is 0.0736. The van der Waals surface area contributed by atoms with Crippen LogP contribution in [0.25, 0.3) is 22.3 Å². The Kier molecular flexibility index (Phi) is 5.19. The summed E-state index contributed by atoms with van der Waals surface area (Å²) in [5.74, 6) is 1.37. The first-order valence-electron chi connectivity index (χ1n) is 10.5. The van der Waals surface area contributed by atoms with Gasteiger partial charge in [-0.2, -0.15) is 0 Å². The van der Waals surface area contributed by atoms with Gasteiger partial charge in [0.15, 0.2) is 11.5 Å². The molecule has 4 aromatic rings. The Morgan fingerprint density at radius 2 is 1.66 bits per heavy atom. The Balaban J connectivity index is 1.54. The van der Waals surface area contributed by atoms with E-state index in [2.05, 4.69) is 4.98 Å². The number of hydrogen-bond donors (Lipinski definition) is 0. The molecule has 5 rings (SSSR count). The number of fused-ring (bicyclic) bond motifs is 2. The van der Waals surface area contributed by atoms with Gasteiger partial charge in [-0.15, -0.1) is 0 Å². The summed E-state index contributed by atoms with van der Waals surface area (Å²) < 4.78 is 10.9. The third-order valence-corrected chi connectivity index (χ3v) is 5.88. The average molecular weight is 425 g/mol. The summed E-state index contributed by atoms with van der Waals surface area (Å²) in [7, 11) is 3.26. The first-order chi connectivity index (χ1) is 15.7. The molecule has 0 spiro atoms. The number of carbonyl (C=O) groups excluding carboxylic acids is 1. The number of benzene rings is 2. The molecule has 3 heterocycles. The van der Waals surface area contributed by atoms with E-state index < -0.39 is 0 Å². The predicted molar refractivity (Wildman–Crippen MR) is 123 cm³/mol. The van der Waals surface area contributed by atoms with Crippen LogP contribution in [0, 0.1) is 0 Å². The van der Waals surface area contributed by atoms with E-state index in [0.29, 0.717) is 35.8 Å². The van der Waals surface area contributed by atoms with E-state index in [1.54, 1.807) is 20.4 Å². The molecule has 0 radical (unpaired) electrons. The molecule has 0 N–H and O–H groups in total. The van der Waals surface area contributed by atoms with Crippen molar-refractivity contribution in [2.75, 3.05) is 20.8 Å². The summed E-state index contributed by atoms with van der Waals surface area (Å²) >= 11 is 0. The number of rotatable bonds is 4. The number of ether oxygens (including phenoxy) is 2. The topological polar surface area (TPSA) is 64.6 Å². The van der Waals surface area contributed by atoms with Crippen molar-refractivity contribution < 1.29 is 14.3 Å². The maximum atomic E-state index is 13.7. The Morgan fingerprint density at radius 3 is 2.41 bits per heavy atom. The van der Waals surface area contributed by atoms with E-state index >= 15 is 0 Å². The molecule has 0 saturated carbocycles. The van der Waals surface area contributed by atoms with Crippen LogP contribution in [0.4, 0.5) is 0 Å². The molecule has 0 aliphatic carbocycles. The number of carbonyl (C=O) groups is 1. The van der Waals surface area contributed by atoms with Crippen molar-refractivity contribution in [1.82, 2.24) is 14.9 Å². The molecule has 0 fully saturated rings. The van der Waals surface area contributed by atoms with Gasteiger partial charge in [0.1, 0.15) is 0 Å². The van der Waals surface area contributed by atoms with E-state index in [1.807, 2.05) is 65.6 Å².